The maximum absolute atomic E-state index is 10.9. The molecule has 1 fully saturated rings. The minimum Gasteiger partial charge on any atom is -0.480 e. The van der Waals surface area contributed by atoms with E-state index < -0.39 is 12.0 Å². The number of halogens is 1. The number of hydrogen-bond donors (Lipinski definition) is 1. The Balaban J connectivity index is 2.24. The highest BCUT2D eigenvalue weighted by Crippen LogP contribution is 2.39. The van der Waals surface area contributed by atoms with Crippen molar-refractivity contribution in [1.29, 1.82) is 0 Å². The van der Waals surface area contributed by atoms with E-state index in [1.807, 2.05) is 0 Å². The van der Waals surface area contributed by atoms with E-state index in [1.165, 1.54) is 4.68 Å². The molecule has 1 aliphatic carbocycles. The van der Waals surface area contributed by atoms with E-state index in [4.69, 9.17) is 5.11 Å². The Bertz CT molecular complexity index is 334. The van der Waals surface area contributed by atoms with Gasteiger partial charge in [0.25, 0.3) is 0 Å². The predicted octanol–water partition coefficient (Wildman–Crippen LogP) is 1.08. The number of carboxylic acid groups (broad SMARTS) is 1. The summed E-state index contributed by atoms with van der Waals surface area (Å²) in [5.41, 5.74) is 0. The number of aliphatic carboxylic acids is 1. The average molecular weight is 246 g/mol. The summed E-state index contributed by atoms with van der Waals surface area (Å²) in [7, 11) is 0. The number of carboxylic acids is 1. The van der Waals surface area contributed by atoms with Gasteiger partial charge in [0.2, 0.25) is 0 Å². The molecular formula is C7H8BrN3O2. The largest absolute Gasteiger partial charge is 0.480 e. The van der Waals surface area contributed by atoms with Crippen LogP contribution in [0.5, 0.6) is 0 Å². The minimum atomic E-state index is -0.833. The Labute approximate surface area is 82.9 Å². The molecule has 0 aromatic carbocycles. The first-order valence-electron chi connectivity index (χ1n) is 3.98. The molecule has 1 saturated carbocycles. The third kappa shape index (κ3) is 1.72. The molecular weight excluding hydrogens is 238 g/mol. The van der Waals surface area contributed by atoms with Crippen LogP contribution in [0.3, 0.4) is 0 Å². The van der Waals surface area contributed by atoms with E-state index >= 15 is 0 Å². The highest BCUT2D eigenvalue weighted by Gasteiger charge is 2.38. The fourth-order valence-electron chi connectivity index (χ4n) is 1.33. The van der Waals surface area contributed by atoms with Gasteiger partial charge in [-0.25, -0.2) is 9.48 Å². The second kappa shape index (κ2) is 3.10. The van der Waals surface area contributed by atoms with Gasteiger partial charge in [-0.3, -0.25) is 0 Å². The van der Waals surface area contributed by atoms with Crippen LogP contribution in [-0.2, 0) is 4.79 Å². The van der Waals surface area contributed by atoms with Crippen LogP contribution in [0, 0.1) is 5.92 Å². The lowest BCUT2D eigenvalue weighted by atomic mass is 10.2. The highest BCUT2D eigenvalue weighted by atomic mass is 79.9. The molecule has 70 valence electrons. The molecule has 0 amide bonds. The third-order valence-electron chi connectivity index (χ3n) is 2.09. The number of nitrogens with zero attached hydrogens (tertiary/aromatic N) is 3. The smallest absolute Gasteiger partial charge is 0.328 e. The fourth-order valence-corrected chi connectivity index (χ4v) is 1.61. The third-order valence-corrected chi connectivity index (χ3v) is 2.45. The zero-order valence-electron chi connectivity index (χ0n) is 6.72. The highest BCUT2D eigenvalue weighted by molar-refractivity contribution is 9.10. The summed E-state index contributed by atoms with van der Waals surface area (Å²) in [4.78, 5) is 10.9. The van der Waals surface area contributed by atoms with E-state index in [9.17, 15) is 4.79 Å². The number of carbonyl (C=O) groups is 1. The van der Waals surface area contributed by atoms with Gasteiger partial charge in [0.05, 0.1) is 6.20 Å². The fraction of sp³-hybridized carbons (Fsp3) is 0.571. The van der Waals surface area contributed by atoms with Crippen molar-refractivity contribution in [2.24, 2.45) is 5.92 Å². The lowest BCUT2D eigenvalue weighted by Crippen LogP contribution is -2.21. The molecule has 0 spiro atoms. The molecule has 0 aliphatic heterocycles. The van der Waals surface area contributed by atoms with Crippen LogP contribution in [0.2, 0.25) is 0 Å². The van der Waals surface area contributed by atoms with E-state index in [0.29, 0.717) is 4.60 Å². The van der Waals surface area contributed by atoms with E-state index in [0.717, 1.165) is 12.8 Å². The number of hydrogen-bond acceptors (Lipinski definition) is 3. The standard InChI is InChI=1S/C7H8BrN3O2/c8-5-3-11(10-9-5)6(7(12)13)4-1-2-4/h3-4,6H,1-2H2,(H,12,13). The summed E-state index contributed by atoms with van der Waals surface area (Å²) >= 11 is 3.13. The predicted molar refractivity (Wildman–Crippen MR) is 47.1 cm³/mol. The average Bonchev–Trinajstić information content (AvgIpc) is 2.76. The van der Waals surface area contributed by atoms with Gasteiger partial charge in [-0.15, -0.1) is 5.10 Å². The minimum absolute atomic E-state index is 0.228. The van der Waals surface area contributed by atoms with Crippen LogP contribution in [-0.4, -0.2) is 26.1 Å². The number of rotatable bonds is 3. The van der Waals surface area contributed by atoms with Crippen molar-refractivity contribution in [1.82, 2.24) is 15.0 Å². The van der Waals surface area contributed by atoms with Crippen molar-refractivity contribution in [3.63, 3.8) is 0 Å². The summed E-state index contributed by atoms with van der Waals surface area (Å²) in [6.07, 6.45) is 3.53. The molecule has 1 aromatic rings. The zero-order valence-corrected chi connectivity index (χ0v) is 8.31. The van der Waals surface area contributed by atoms with Gasteiger partial charge in [0.1, 0.15) is 4.60 Å². The molecule has 0 bridgehead atoms. The molecule has 6 heteroatoms. The first kappa shape index (κ1) is 8.68. The SMILES string of the molecule is O=C(O)C(C1CC1)n1cc(Br)nn1. The summed E-state index contributed by atoms with van der Waals surface area (Å²) < 4.78 is 1.98. The summed E-state index contributed by atoms with van der Waals surface area (Å²) in [6, 6.07) is -0.543. The van der Waals surface area contributed by atoms with Crippen LogP contribution in [0.1, 0.15) is 18.9 Å². The molecule has 1 N–H and O–H groups in total. The van der Waals surface area contributed by atoms with Crippen LogP contribution >= 0.6 is 15.9 Å². The van der Waals surface area contributed by atoms with Crippen molar-refractivity contribution in [2.75, 3.05) is 0 Å². The maximum Gasteiger partial charge on any atom is 0.328 e. The molecule has 1 atom stereocenters. The van der Waals surface area contributed by atoms with Gasteiger partial charge in [0, 0.05) is 0 Å². The van der Waals surface area contributed by atoms with Crippen LogP contribution < -0.4 is 0 Å². The van der Waals surface area contributed by atoms with E-state index in [1.54, 1.807) is 6.20 Å². The van der Waals surface area contributed by atoms with Crippen LogP contribution in [0.4, 0.5) is 0 Å². The summed E-state index contributed by atoms with van der Waals surface area (Å²) in [5, 5.41) is 16.4. The lowest BCUT2D eigenvalue weighted by molar-refractivity contribution is -0.142. The summed E-state index contributed by atoms with van der Waals surface area (Å²) in [5.74, 6) is -0.606. The van der Waals surface area contributed by atoms with Gasteiger partial charge in [0.15, 0.2) is 6.04 Å². The van der Waals surface area contributed by atoms with Crippen molar-refractivity contribution >= 4 is 21.9 Å². The van der Waals surface area contributed by atoms with Crippen LogP contribution in [0.15, 0.2) is 10.8 Å². The topological polar surface area (TPSA) is 68.0 Å². The molecule has 13 heavy (non-hydrogen) atoms. The van der Waals surface area contributed by atoms with E-state index in [-0.39, 0.29) is 5.92 Å². The van der Waals surface area contributed by atoms with Crippen molar-refractivity contribution in [3.05, 3.63) is 10.8 Å². The lowest BCUT2D eigenvalue weighted by Gasteiger charge is -2.09. The van der Waals surface area contributed by atoms with E-state index in [2.05, 4.69) is 26.2 Å². The van der Waals surface area contributed by atoms with Gasteiger partial charge in [-0.1, -0.05) is 5.21 Å². The molecule has 1 aliphatic rings. The maximum atomic E-state index is 10.9. The first-order valence-corrected chi connectivity index (χ1v) is 4.78. The Morgan fingerprint density at radius 2 is 2.46 bits per heavy atom. The van der Waals surface area contributed by atoms with Gasteiger partial charge < -0.3 is 5.11 Å². The molecule has 1 aromatic heterocycles. The second-order valence-electron chi connectivity index (χ2n) is 3.14. The molecule has 0 radical (unpaired) electrons. The normalized spacial score (nSPS) is 18.5. The molecule has 5 nitrogen and oxygen atoms in total. The molecule has 2 rings (SSSR count). The Morgan fingerprint density at radius 1 is 1.77 bits per heavy atom. The van der Waals surface area contributed by atoms with Gasteiger partial charge in [-0.05, 0) is 34.7 Å². The number of aromatic nitrogens is 3. The Morgan fingerprint density at radius 3 is 2.85 bits per heavy atom. The first-order chi connectivity index (χ1) is 6.18. The quantitative estimate of drug-likeness (QED) is 0.866. The van der Waals surface area contributed by atoms with Crippen LogP contribution in [0.25, 0.3) is 0 Å². The molecule has 1 unspecified atom stereocenters. The molecule has 0 saturated heterocycles. The van der Waals surface area contributed by atoms with Gasteiger partial charge in [-0.2, -0.15) is 0 Å². The second-order valence-corrected chi connectivity index (χ2v) is 3.95. The molecule has 1 heterocycles. The monoisotopic (exact) mass is 245 g/mol. The van der Waals surface area contributed by atoms with Crippen molar-refractivity contribution in [3.8, 4) is 0 Å². The Hall–Kier alpha value is -0.910. The Kier molecular flexibility index (Phi) is 2.07. The van der Waals surface area contributed by atoms with Crippen molar-refractivity contribution in [2.45, 2.75) is 18.9 Å². The van der Waals surface area contributed by atoms with Crippen molar-refractivity contribution < 1.29 is 9.90 Å². The summed E-state index contributed by atoms with van der Waals surface area (Å²) in [6.45, 7) is 0. The van der Waals surface area contributed by atoms with Gasteiger partial charge >= 0.3 is 5.97 Å². The zero-order chi connectivity index (χ0) is 9.42.